The van der Waals surface area contributed by atoms with Gasteiger partial charge in [-0.05, 0) is 62.9 Å². The fourth-order valence-electron chi connectivity index (χ4n) is 3.02. The SMILES string of the molecule is CC(=O)c1cc(C2CCC2)n(-c2ccc(C#N)cc2)c1C. The number of nitrogens with zero attached hydrogens (tertiary/aromatic N) is 2. The van der Waals surface area contributed by atoms with Crippen LogP contribution in [-0.4, -0.2) is 10.4 Å². The molecule has 1 saturated carbocycles. The number of hydrogen-bond donors (Lipinski definition) is 0. The number of rotatable bonds is 3. The molecule has 2 aromatic rings. The molecule has 0 N–H and O–H groups in total. The first-order valence-corrected chi connectivity index (χ1v) is 7.35. The highest BCUT2D eigenvalue weighted by Gasteiger charge is 2.26. The zero-order chi connectivity index (χ0) is 15.0. The van der Waals surface area contributed by atoms with Crippen LogP contribution in [0.3, 0.4) is 0 Å². The summed E-state index contributed by atoms with van der Waals surface area (Å²) >= 11 is 0. The number of carbonyl (C=O) groups excluding carboxylic acids is 1. The highest BCUT2D eigenvalue weighted by Crippen LogP contribution is 2.39. The Balaban J connectivity index is 2.14. The van der Waals surface area contributed by atoms with Crippen molar-refractivity contribution >= 4 is 5.78 Å². The molecule has 1 aromatic carbocycles. The lowest BCUT2D eigenvalue weighted by Crippen LogP contribution is -2.14. The predicted molar refractivity (Wildman–Crippen MR) is 81.8 cm³/mol. The lowest BCUT2D eigenvalue weighted by Gasteiger charge is -2.27. The Labute approximate surface area is 124 Å². The quantitative estimate of drug-likeness (QED) is 0.792. The molecule has 1 aliphatic rings. The van der Waals surface area contributed by atoms with Crippen molar-refractivity contribution in [2.24, 2.45) is 0 Å². The van der Waals surface area contributed by atoms with Crippen LogP contribution >= 0.6 is 0 Å². The van der Waals surface area contributed by atoms with Crippen molar-refractivity contribution in [2.75, 3.05) is 0 Å². The van der Waals surface area contributed by atoms with E-state index in [0.29, 0.717) is 11.5 Å². The summed E-state index contributed by atoms with van der Waals surface area (Å²) in [4.78, 5) is 11.8. The van der Waals surface area contributed by atoms with Crippen LogP contribution in [0.15, 0.2) is 30.3 Å². The molecule has 1 heterocycles. The molecule has 21 heavy (non-hydrogen) atoms. The van der Waals surface area contributed by atoms with E-state index in [9.17, 15) is 4.79 Å². The van der Waals surface area contributed by atoms with Crippen LogP contribution in [-0.2, 0) is 0 Å². The second-order valence-electron chi connectivity index (χ2n) is 5.75. The largest absolute Gasteiger partial charge is 0.317 e. The standard InChI is InChI=1S/C18H18N2O/c1-12-17(13(2)21)10-18(15-4-3-5-15)20(12)16-8-6-14(11-19)7-9-16/h6-10,15H,3-5H2,1-2H3. The Morgan fingerprint density at radius 2 is 1.95 bits per heavy atom. The second kappa shape index (κ2) is 5.21. The van der Waals surface area contributed by atoms with E-state index >= 15 is 0 Å². The first-order valence-electron chi connectivity index (χ1n) is 7.35. The van der Waals surface area contributed by atoms with Gasteiger partial charge in [0.15, 0.2) is 5.78 Å². The average Bonchev–Trinajstić information content (AvgIpc) is 2.75. The van der Waals surface area contributed by atoms with Gasteiger partial charge in [0.1, 0.15) is 0 Å². The zero-order valence-electron chi connectivity index (χ0n) is 12.4. The lowest BCUT2D eigenvalue weighted by atomic mass is 9.82. The maximum atomic E-state index is 11.8. The molecule has 0 saturated heterocycles. The Morgan fingerprint density at radius 3 is 2.43 bits per heavy atom. The van der Waals surface area contributed by atoms with E-state index in [0.717, 1.165) is 16.9 Å². The van der Waals surface area contributed by atoms with Crippen molar-refractivity contribution < 1.29 is 4.79 Å². The first kappa shape index (κ1) is 13.6. The average molecular weight is 278 g/mol. The van der Waals surface area contributed by atoms with Crippen LogP contribution in [0.4, 0.5) is 0 Å². The van der Waals surface area contributed by atoms with Crippen LogP contribution in [0.5, 0.6) is 0 Å². The van der Waals surface area contributed by atoms with E-state index in [4.69, 9.17) is 5.26 Å². The van der Waals surface area contributed by atoms with Gasteiger partial charge in [0, 0.05) is 22.6 Å². The van der Waals surface area contributed by atoms with E-state index in [-0.39, 0.29) is 5.78 Å². The molecule has 0 amide bonds. The fraction of sp³-hybridized carbons (Fsp3) is 0.333. The molecule has 3 heteroatoms. The first-order chi connectivity index (χ1) is 10.1. The van der Waals surface area contributed by atoms with Gasteiger partial charge in [-0.3, -0.25) is 4.79 Å². The van der Waals surface area contributed by atoms with E-state index < -0.39 is 0 Å². The summed E-state index contributed by atoms with van der Waals surface area (Å²) in [5.41, 5.74) is 4.71. The monoisotopic (exact) mass is 278 g/mol. The summed E-state index contributed by atoms with van der Waals surface area (Å²) in [5.74, 6) is 0.660. The number of aromatic nitrogens is 1. The molecule has 0 bridgehead atoms. The molecule has 1 aliphatic carbocycles. The van der Waals surface area contributed by atoms with Crippen molar-refractivity contribution in [3.05, 3.63) is 52.8 Å². The molecule has 3 rings (SSSR count). The highest BCUT2D eigenvalue weighted by atomic mass is 16.1. The summed E-state index contributed by atoms with van der Waals surface area (Å²) in [7, 11) is 0. The second-order valence-corrected chi connectivity index (χ2v) is 5.75. The molecular formula is C18H18N2O. The number of Topliss-reactive ketones (excluding diaryl/α,β-unsaturated/α-hetero) is 1. The van der Waals surface area contributed by atoms with Crippen LogP contribution in [0.25, 0.3) is 5.69 Å². The van der Waals surface area contributed by atoms with Gasteiger partial charge in [0.05, 0.1) is 11.6 Å². The van der Waals surface area contributed by atoms with Gasteiger partial charge in [-0.25, -0.2) is 0 Å². The highest BCUT2D eigenvalue weighted by molar-refractivity contribution is 5.95. The Hall–Kier alpha value is -2.34. The van der Waals surface area contributed by atoms with Crippen LogP contribution < -0.4 is 0 Å². The topological polar surface area (TPSA) is 45.8 Å². The summed E-state index contributed by atoms with van der Waals surface area (Å²) in [6.45, 7) is 3.62. The molecule has 0 spiro atoms. The minimum Gasteiger partial charge on any atom is -0.317 e. The summed E-state index contributed by atoms with van der Waals surface area (Å²) in [6, 6.07) is 11.8. The number of nitriles is 1. The Morgan fingerprint density at radius 1 is 1.29 bits per heavy atom. The van der Waals surface area contributed by atoms with Crippen LogP contribution in [0.2, 0.25) is 0 Å². The normalized spacial score (nSPS) is 14.5. The zero-order valence-corrected chi connectivity index (χ0v) is 12.4. The molecule has 0 atom stereocenters. The third kappa shape index (κ3) is 2.27. The van der Waals surface area contributed by atoms with E-state index in [1.165, 1.54) is 25.0 Å². The smallest absolute Gasteiger partial charge is 0.161 e. The van der Waals surface area contributed by atoms with Gasteiger partial charge >= 0.3 is 0 Å². The van der Waals surface area contributed by atoms with Gasteiger partial charge in [0.25, 0.3) is 0 Å². The van der Waals surface area contributed by atoms with Gasteiger partial charge in [-0.15, -0.1) is 0 Å². The molecule has 0 radical (unpaired) electrons. The molecule has 0 unspecified atom stereocenters. The van der Waals surface area contributed by atoms with E-state index in [1.54, 1.807) is 6.92 Å². The summed E-state index contributed by atoms with van der Waals surface area (Å²) in [6.07, 6.45) is 3.64. The fourth-order valence-corrected chi connectivity index (χ4v) is 3.02. The third-order valence-corrected chi connectivity index (χ3v) is 4.43. The maximum Gasteiger partial charge on any atom is 0.161 e. The van der Waals surface area contributed by atoms with Crippen molar-refractivity contribution in [3.63, 3.8) is 0 Å². The molecule has 1 aromatic heterocycles. The number of hydrogen-bond acceptors (Lipinski definition) is 2. The molecular weight excluding hydrogens is 260 g/mol. The molecule has 1 fully saturated rings. The minimum atomic E-state index is 0.112. The van der Waals surface area contributed by atoms with E-state index in [2.05, 4.69) is 16.7 Å². The molecule has 106 valence electrons. The van der Waals surface area contributed by atoms with Crippen molar-refractivity contribution in [1.29, 1.82) is 5.26 Å². The summed E-state index contributed by atoms with van der Waals surface area (Å²) < 4.78 is 2.18. The number of ketones is 1. The molecule has 0 aliphatic heterocycles. The summed E-state index contributed by atoms with van der Waals surface area (Å²) in [5, 5.41) is 8.92. The maximum absolute atomic E-state index is 11.8. The van der Waals surface area contributed by atoms with Gasteiger partial charge in [0.2, 0.25) is 0 Å². The van der Waals surface area contributed by atoms with Gasteiger partial charge in [-0.2, -0.15) is 5.26 Å². The van der Waals surface area contributed by atoms with Crippen molar-refractivity contribution in [1.82, 2.24) is 4.57 Å². The number of benzene rings is 1. The van der Waals surface area contributed by atoms with Crippen molar-refractivity contribution in [3.8, 4) is 11.8 Å². The van der Waals surface area contributed by atoms with Gasteiger partial charge < -0.3 is 4.57 Å². The van der Waals surface area contributed by atoms with Crippen LogP contribution in [0.1, 0.15) is 59.4 Å². The Kier molecular flexibility index (Phi) is 3.39. The van der Waals surface area contributed by atoms with Gasteiger partial charge in [-0.1, -0.05) is 6.42 Å². The Bertz CT molecular complexity index is 728. The molecule has 3 nitrogen and oxygen atoms in total. The van der Waals surface area contributed by atoms with E-state index in [1.807, 2.05) is 31.2 Å². The van der Waals surface area contributed by atoms with Crippen molar-refractivity contribution in [2.45, 2.75) is 39.0 Å². The van der Waals surface area contributed by atoms with Crippen LogP contribution in [0, 0.1) is 18.3 Å². The number of carbonyl (C=O) groups is 1. The predicted octanol–water partition coefficient (Wildman–Crippen LogP) is 4.13. The lowest BCUT2D eigenvalue weighted by molar-refractivity contribution is 0.101. The third-order valence-electron chi connectivity index (χ3n) is 4.43. The minimum absolute atomic E-state index is 0.112.